The van der Waals surface area contributed by atoms with E-state index in [0.29, 0.717) is 22.3 Å². The van der Waals surface area contributed by atoms with Gasteiger partial charge in [0.05, 0.1) is 24.3 Å². The van der Waals surface area contributed by atoms with Crippen molar-refractivity contribution >= 4 is 21.9 Å². The summed E-state index contributed by atoms with van der Waals surface area (Å²) in [5.74, 6) is 0.876. The first-order chi connectivity index (χ1) is 13.8. The second-order valence-corrected chi connectivity index (χ2v) is 6.43. The Morgan fingerprint density at radius 1 is 1.03 bits per heavy atom. The third kappa shape index (κ3) is 3.30. The van der Waals surface area contributed by atoms with Gasteiger partial charge in [-0.25, -0.2) is 0 Å². The number of ether oxygens (including phenoxy) is 2. The number of hydrogen-bond acceptors (Lipinski definition) is 5. The first-order valence-corrected chi connectivity index (χ1v) is 8.60. The van der Waals surface area contributed by atoms with Crippen molar-refractivity contribution in [3.63, 3.8) is 0 Å². The normalized spacial score (nSPS) is 11.9. The van der Waals surface area contributed by atoms with Crippen molar-refractivity contribution in [2.75, 3.05) is 7.11 Å². The Balaban J connectivity index is 1.81. The molecule has 0 aliphatic heterocycles. The molecule has 5 nitrogen and oxygen atoms in total. The van der Waals surface area contributed by atoms with Crippen LogP contribution in [0.25, 0.3) is 21.9 Å². The topological polar surface area (TPSA) is 61.8 Å². The van der Waals surface area contributed by atoms with E-state index in [1.807, 2.05) is 0 Å². The number of furan rings is 1. The largest absolute Gasteiger partial charge is 0.490 e. The van der Waals surface area contributed by atoms with Gasteiger partial charge in [-0.05, 0) is 30.7 Å². The minimum atomic E-state index is -4.41. The molecular formula is C21H15F3O5. The van der Waals surface area contributed by atoms with Gasteiger partial charge in [-0.3, -0.25) is 4.79 Å². The maximum atomic E-state index is 12.7. The summed E-state index contributed by atoms with van der Waals surface area (Å²) in [4.78, 5) is 12.7. The van der Waals surface area contributed by atoms with Crippen LogP contribution < -0.4 is 14.9 Å². The van der Waals surface area contributed by atoms with Gasteiger partial charge in [0.2, 0.25) is 5.75 Å². The fourth-order valence-electron chi connectivity index (χ4n) is 3.17. The van der Waals surface area contributed by atoms with Gasteiger partial charge in [0, 0.05) is 6.07 Å². The third-order valence-electron chi connectivity index (χ3n) is 4.49. The van der Waals surface area contributed by atoms with Crippen LogP contribution >= 0.6 is 0 Å². The predicted molar refractivity (Wildman–Crippen MR) is 99.3 cm³/mol. The van der Waals surface area contributed by atoms with Crippen molar-refractivity contribution in [2.45, 2.75) is 19.7 Å². The lowest BCUT2D eigenvalue weighted by molar-refractivity contribution is -0.137. The smallest absolute Gasteiger partial charge is 0.416 e. The average molecular weight is 404 g/mol. The van der Waals surface area contributed by atoms with E-state index in [1.54, 1.807) is 13.0 Å². The number of aryl methyl sites for hydroxylation is 1. The molecule has 0 saturated heterocycles. The summed E-state index contributed by atoms with van der Waals surface area (Å²) in [6.45, 7) is 1.59. The fraction of sp³-hybridized carbons (Fsp3) is 0.190. The third-order valence-corrected chi connectivity index (χ3v) is 4.49. The molecule has 8 heteroatoms. The van der Waals surface area contributed by atoms with Gasteiger partial charge in [0.15, 0.2) is 16.6 Å². The molecule has 0 aliphatic carbocycles. The Hall–Kier alpha value is -3.42. The van der Waals surface area contributed by atoms with Crippen LogP contribution in [-0.2, 0) is 12.8 Å². The highest BCUT2D eigenvalue weighted by molar-refractivity contribution is 6.06. The van der Waals surface area contributed by atoms with Crippen molar-refractivity contribution < 1.29 is 31.5 Å². The zero-order chi connectivity index (χ0) is 20.8. The molecule has 4 aromatic rings. The molecule has 4 rings (SSSR count). The van der Waals surface area contributed by atoms with Crippen LogP contribution in [0.4, 0.5) is 13.2 Å². The number of rotatable bonds is 4. The van der Waals surface area contributed by atoms with Gasteiger partial charge < -0.3 is 18.3 Å². The monoisotopic (exact) mass is 404 g/mol. The Labute approximate surface area is 162 Å². The number of hydrogen-bond donors (Lipinski definition) is 0. The van der Waals surface area contributed by atoms with Crippen LogP contribution in [0, 0.1) is 6.92 Å². The maximum Gasteiger partial charge on any atom is 0.416 e. The number of halogens is 3. The summed E-state index contributed by atoms with van der Waals surface area (Å²) < 4.78 is 60.6. The van der Waals surface area contributed by atoms with Gasteiger partial charge in [0.1, 0.15) is 23.5 Å². The molecule has 0 amide bonds. The van der Waals surface area contributed by atoms with Crippen LogP contribution in [0.5, 0.6) is 11.5 Å². The van der Waals surface area contributed by atoms with Gasteiger partial charge in [-0.15, -0.1) is 0 Å². The summed E-state index contributed by atoms with van der Waals surface area (Å²) in [6, 6.07) is 7.57. The van der Waals surface area contributed by atoms with E-state index < -0.39 is 11.7 Å². The van der Waals surface area contributed by atoms with Crippen LogP contribution in [0.2, 0.25) is 0 Å². The molecular weight excluding hydrogens is 389 g/mol. The van der Waals surface area contributed by atoms with E-state index in [-0.39, 0.29) is 34.5 Å². The molecule has 0 spiro atoms. The minimum Gasteiger partial charge on any atom is -0.490 e. The van der Waals surface area contributed by atoms with Crippen LogP contribution in [0.15, 0.2) is 56.3 Å². The highest BCUT2D eigenvalue weighted by Gasteiger charge is 2.30. The Morgan fingerprint density at radius 2 is 1.76 bits per heavy atom. The van der Waals surface area contributed by atoms with Gasteiger partial charge >= 0.3 is 6.18 Å². The number of benzene rings is 2. The van der Waals surface area contributed by atoms with Crippen molar-refractivity contribution in [2.24, 2.45) is 0 Å². The molecule has 0 unspecified atom stereocenters. The van der Waals surface area contributed by atoms with Crippen molar-refractivity contribution in [3.05, 3.63) is 69.8 Å². The molecule has 0 bridgehead atoms. The fourth-order valence-corrected chi connectivity index (χ4v) is 3.17. The standard InChI is InChI=1S/C21H15F3O5/c1-11-9-15(25)16-17(14-7-8-27-18(14)20(26-2)19(16)29-11)28-10-12-3-5-13(6-4-12)21(22,23)24/h3-9H,10H2,1-2H3. The molecule has 2 aromatic heterocycles. The van der Waals surface area contributed by atoms with Crippen molar-refractivity contribution in [1.82, 2.24) is 0 Å². The summed E-state index contributed by atoms with van der Waals surface area (Å²) in [5.41, 5.74) is -0.0364. The van der Waals surface area contributed by atoms with Gasteiger partial charge in [0.25, 0.3) is 0 Å². The summed E-state index contributed by atoms with van der Waals surface area (Å²) in [6.07, 6.45) is -2.99. The maximum absolute atomic E-state index is 12.7. The highest BCUT2D eigenvalue weighted by Crippen LogP contribution is 2.42. The molecule has 0 radical (unpaired) electrons. The zero-order valence-corrected chi connectivity index (χ0v) is 15.4. The lowest BCUT2D eigenvalue weighted by atomic mass is 10.1. The minimum absolute atomic E-state index is 0.0485. The predicted octanol–water partition coefficient (Wildman–Crippen LogP) is 5.45. The molecule has 0 N–H and O–H groups in total. The van der Waals surface area contributed by atoms with E-state index >= 15 is 0 Å². The molecule has 2 aromatic carbocycles. The quantitative estimate of drug-likeness (QED) is 0.452. The molecule has 2 heterocycles. The van der Waals surface area contributed by atoms with E-state index in [0.717, 1.165) is 12.1 Å². The number of alkyl halides is 3. The van der Waals surface area contributed by atoms with Crippen molar-refractivity contribution in [3.8, 4) is 11.5 Å². The molecule has 150 valence electrons. The Morgan fingerprint density at radius 3 is 2.41 bits per heavy atom. The first kappa shape index (κ1) is 18.9. The van der Waals surface area contributed by atoms with Crippen LogP contribution in [0.3, 0.4) is 0 Å². The first-order valence-electron chi connectivity index (χ1n) is 8.60. The average Bonchev–Trinajstić information content (AvgIpc) is 3.14. The Kier molecular flexibility index (Phi) is 4.49. The second-order valence-electron chi connectivity index (χ2n) is 6.43. The Bertz CT molecular complexity index is 1250. The molecule has 29 heavy (non-hydrogen) atoms. The van der Waals surface area contributed by atoms with Crippen LogP contribution in [0.1, 0.15) is 16.9 Å². The lowest BCUT2D eigenvalue weighted by Crippen LogP contribution is -2.07. The summed E-state index contributed by atoms with van der Waals surface area (Å²) in [7, 11) is 1.43. The van der Waals surface area contributed by atoms with E-state index in [9.17, 15) is 18.0 Å². The zero-order valence-electron chi connectivity index (χ0n) is 15.4. The van der Waals surface area contributed by atoms with Gasteiger partial charge in [-0.2, -0.15) is 13.2 Å². The molecule has 0 atom stereocenters. The molecule has 0 saturated carbocycles. The summed E-state index contributed by atoms with van der Waals surface area (Å²) >= 11 is 0. The lowest BCUT2D eigenvalue weighted by Gasteiger charge is -2.13. The van der Waals surface area contributed by atoms with E-state index in [4.69, 9.17) is 18.3 Å². The molecule has 0 aliphatic rings. The highest BCUT2D eigenvalue weighted by atomic mass is 19.4. The van der Waals surface area contributed by atoms with Crippen molar-refractivity contribution in [1.29, 1.82) is 0 Å². The van der Waals surface area contributed by atoms with Crippen LogP contribution in [-0.4, -0.2) is 7.11 Å². The summed E-state index contributed by atoms with van der Waals surface area (Å²) in [5, 5.41) is 0.672. The second kappa shape index (κ2) is 6.88. The van der Waals surface area contributed by atoms with Gasteiger partial charge in [-0.1, -0.05) is 12.1 Å². The number of fused-ring (bicyclic) bond motifs is 2. The molecule has 0 fully saturated rings. The van der Waals surface area contributed by atoms with E-state index in [1.165, 1.54) is 31.6 Å². The van der Waals surface area contributed by atoms with E-state index in [2.05, 4.69) is 0 Å². The number of methoxy groups -OCH3 is 1. The SMILES string of the molecule is COc1c2occc2c(OCc2ccc(C(F)(F)F)cc2)c2c(=O)cc(C)oc12.